The molecule has 2 aliphatic rings. The van der Waals surface area contributed by atoms with Crippen LogP contribution in [-0.2, 0) is 21.7 Å². The first-order valence-corrected chi connectivity index (χ1v) is 13.8. The van der Waals surface area contributed by atoms with Crippen LogP contribution in [0.3, 0.4) is 0 Å². The second-order valence-corrected chi connectivity index (χ2v) is 10.8. The van der Waals surface area contributed by atoms with E-state index in [1.807, 2.05) is 12.1 Å². The van der Waals surface area contributed by atoms with Gasteiger partial charge in [0.25, 0.3) is 0 Å². The van der Waals surface area contributed by atoms with Crippen LogP contribution in [0.25, 0.3) is 0 Å². The van der Waals surface area contributed by atoms with Crippen LogP contribution in [0, 0.1) is 11.8 Å². The van der Waals surface area contributed by atoms with E-state index >= 15 is 0 Å². The first-order chi connectivity index (χ1) is 19.4. The van der Waals surface area contributed by atoms with Crippen LogP contribution in [0.1, 0.15) is 29.5 Å². The fourth-order valence-electron chi connectivity index (χ4n) is 5.39. The number of aliphatic hydroxyl groups is 1. The number of likely N-dealkylation sites (tertiary alicyclic amines) is 2. The fraction of sp³-hybridized carbons (Fsp3) is 0.375. The molecule has 0 spiro atoms. The summed E-state index contributed by atoms with van der Waals surface area (Å²) in [6.45, 7) is 4.25. The van der Waals surface area contributed by atoms with E-state index in [0.717, 1.165) is 32.5 Å². The van der Waals surface area contributed by atoms with Gasteiger partial charge in [0.15, 0.2) is 0 Å². The van der Waals surface area contributed by atoms with Gasteiger partial charge in [0.2, 0.25) is 5.60 Å². The van der Waals surface area contributed by atoms with Crippen molar-refractivity contribution in [1.82, 2.24) is 9.80 Å². The van der Waals surface area contributed by atoms with Gasteiger partial charge in [-0.3, -0.25) is 4.90 Å². The molecule has 0 saturated carbocycles. The van der Waals surface area contributed by atoms with Crippen molar-refractivity contribution in [2.24, 2.45) is 11.8 Å². The van der Waals surface area contributed by atoms with E-state index in [1.165, 1.54) is 10.5 Å². The molecule has 3 aromatic carbocycles. The van der Waals surface area contributed by atoms with Crippen molar-refractivity contribution >= 4 is 12.1 Å². The highest BCUT2D eigenvalue weighted by atomic mass is 16.5. The molecule has 1 amide bonds. The predicted octanol–water partition coefficient (Wildman–Crippen LogP) is 4.37. The van der Waals surface area contributed by atoms with Gasteiger partial charge in [0.1, 0.15) is 5.75 Å². The highest BCUT2D eigenvalue weighted by molar-refractivity contribution is 5.85. The number of nitrogens with zero attached hydrogens (tertiary/aromatic N) is 2. The van der Waals surface area contributed by atoms with Crippen molar-refractivity contribution in [2.75, 3.05) is 39.4 Å². The highest BCUT2D eigenvalue weighted by Gasteiger charge is 2.42. The Morgan fingerprint density at radius 3 is 2.15 bits per heavy atom. The summed E-state index contributed by atoms with van der Waals surface area (Å²) in [5, 5.41) is 20.9. The van der Waals surface area contributed by atoms with Crippen molar-refractivity contribution in [2.45, 2.75) is 25.0 Å². The SMILES string of the molecule is O=C(O)N1CC(COc2cccc(C(O)(C(=O)OCC3CCN(Cc4ccccc4)CC3)c3ccccc3)c2)C1. The molecule has 40 heavy (non-hydrogen) atoms. The van der Waals surface area contributed by atoms with Crippen LogP contribution < -0.4 is 4.74 Å². The van der Waals surface area contributed by atoms with Gasteiger partial charge in [0, 0.05) is 31.1 Å². The lowest BCUT2D eigenvalue weighted by Gasteiger charge is -2.36. The van der Waals surface area contributed by atoms with E-state index in [9.17, 15) is 14.7 Å². The Morgan fingerprint density at radius 1 is 0.825 bits per heavy atom. The predicted molar refractivity (Wildman–Crippen MR) is 150 cm³/mol. The van der Waals surface area contributed by atoms with E-state index in [2.05, 4.69) is 29.2 Å². The minimum atomic E-state index is -1.99. The third kappa shape index (κ3) is 6.46. The minimum Gasteiger partial charge on any atom is -0.493 e. The molecule has 210 valence electrons. The summed E-state index contributed by atoms with van der Waals surface area (Å²) in [5.41, 5.74) is 0.0811. The van der Waals surface area contributed by atoms with Gasteiger partial charge in [-0.15, -0.1) is 0 Å². The number of rotatable bonds is 10. The third-order valence-corrected chi connectivity index (χ3v) is 7.86. The maximum Gasteiger partial charge on any atom is 0.407 e. The molecular formula is C32H36N2O6. The van der Waals surface area contributed by atoms with Crippen molar-refractivity contribution < 1.29 is 29.3 Å². The summed E-state index contributed by atoms with van der Waals surface area (Å²) >= 11 is 0. The Morgan fingerprint density at radius 2 is 1.48 bits per heavy atom. The Kier molecular flexibility index (Phi) is 8.67. The molecule has 8 nitrogen and oxygen atoms in total. The van der Waals surface area contributed by atoms with Crippen LogP contribution in [0.15, 0.2) is 84.9 Å². The maximum atomic E-state index is 13.6. The lowest BCUT2D eigenvalue weighted by molar-refractivity contribution is -0.164. The largest absolute Gasteiger partial charge is 0.493 e. The number of hydrogen-bond donors (Lipinski definition) is 2. The van der Waals surface area contributed by atoms with Crippen molar-refractivity contribution in [3.63, 3.8) is 0 Å². The Hall–Kier alpha value is -3.88. The van der Waals surface area contributed by atoms with Gasteiger partial charge in [-0.2, -0.15) is 0 Å². The van der Waals surface area contributed by atoms with Gasteiger partial charge in [-0.25, -0.2) is 9.59 Å². The van der Waals surface area contributed by atoms with Gasteiger partial charge < -0.3 is 24.6 Å². The number of carbonyl (C=O) groups excluding carboxylic acids is 1. The zero-order valence-electron chi connectivity index (χ0n) is 22.5. The van der Waals surface area contributed by atoms with Gasteiger partial charge in [-0.1, -0.05) is 72.8 Å². The molecule has 3 aromatic rings. The lowest BCUT2D eigenvalue weighted by Crippen LogP contribution is -2.51. The Bertz CT molecular complexity index is 1270. The molecule has 8 heteroatoms. The van der Waals surface area contributed by atoms with E-state index in [1.54, 1.807) is 48.5 Å². The lowest BCUT2D eigenvalue weighted by atomic mass is 9.86. The average Bonchev–Trinajstić information content (AvgIpc) is 2.96. The van der Waals surface area contributed by atoms with Crippen molar-refractivity contribution in [3.05, 3.63) is 102 Å². The minimum absolute atomic E-state index is 0.108. The summed E-state index contributed by atoms with van der Waals surface area (Å²) < 4.78 is 11.7. The molecule has 2 saturated heterocycles. The quantitative estimate of drug-likeness (QED) is 0.366. The standard InChI is InChI=1S/C32H36N2O6/c35-30(40-22-25-14-16-33(17-15-25)19-24-8-3-1-4-9-24)32(38,27-10-5-2-6-11-27)28-12-7-13-29(18-28)39-23-26-20-34(21-26)31(36)37/h1-13,18,25-26,38H,14-17,19-23H2,(H,36,37). The third-order valence-electron chi connectivity index (χ3n) is 7.86. The number of ether oxygens (including phenoxy) is 2. The maximum absolute atomic E-state index is 13.6. The highest BCUT2D eigenvalue weighted by Crippen LogP contribution is 2.34. The monoisotopic (exact) mass is 544 g/mol. The normalized spacial score (nSPS) is 18.0. The summed E-state index contributed by atoms with van der Waals surface area (Å²) in [6, 6.07) is 26.1. The van der Waals surface area contributed by atoms with E-state index in [0.29, 0.717) is 36.6 Å². The topological polar surface area (TPSA) is 99.5 Å². The molecule has 1 unspecified atom stereocenters. The molecule has 2 N–H and O–H groups in total. The molecule has 2 heterocycles. The first-order valence-electron chi connectivity index (χ1n) is 13.8. The number of carboxylic acid groups (broad SMARTS) is 1. The summed E-state index contributed by atoms with van der Waals surface area (Å²) in [4.78, 5) is 28.3. The van der Waals surface area contributed by atoms with Crippen molar-refractivity contribution in [3.8, 4) is 5.75 Å². The molecule has 1 atom stereocenters. The second kappa shape index (κ2) is 12.5. The van der Waals surface area contributed by atoms with Gasteiger partial charge in [-0.05, 0) is 55.1 Å². The van der Waals surface area contributed by atoms with Gasteiger partial charge >= 0.3 is 12.1 Å². The summed E-state index contributed by atoms with van der Waals surface area (Å²) in [6.07, 6.45) is 0.920. The average molecular weight is 545 g/mol. The van der Waals surface area contributed by atoms with Crippen LogP contribution >= 0.6 is 0 Å². The molecule has 2 fully saturated rings. The van der Waals surface area contributed by atoms with Crippen LogP contribution in [-0.4, -0.2) is 71.5 Å². The molecule has 0 aliphatic carbocycles. The number of piperidine rings is 1. The van der Waals surface area contributed by atoms with E-state index < -0.39 is 17.7 Å². The Labute approximate surface area is 234 Å². The number of hydrogen-bond acceptors (Lipinski definition) is 6. The molecule has 0 aromatic heterocycles. The smallest absolute Gasteiger partial charge is 0.407 e. The van der Waals surface area contributed by atoms with Crippen molar-refractivity contribution in [1.29, 1.82) is 0 Å². The number of amides is 1. The van der Waals surface area contributed by atoms with Gasteiger partial charge in [0.05, 0.1) is 13.2 Å². The zero-order chi connectivity index (χ0) is 28.0. The fourth-order valence-corrected chi connectivity index (χ4v) is 5.39. The zero-order valence-corrected chi connectivity index (χ0v) is 22.5. The first kappa shape index (κ1) is 27.7. The van der Waals surface area contributed by atoms with Crippen LogP contribution in [0.4, 0.5) is 4.79 Å². The van der Waals surface area contributed by atoms with E-state index in [4.69, 9.17) is 14.6 Å². The Balaban J connectivity index is 1.21. The number of benzene rings is 3. The summed E-state index contributed by atoms with van der Waals surface area (Å²) in [5.74, 6) is 0.133. The van der Waals surface area contributed by atoms with E-state index in [-0.39, 0.29) is 18.4 Å². The molecular weight excluding hydrogens is 508 g/mol. The molecule has 0 radical (unpaired) electrons. The molecule has 5 rings (SSSR count). The number of esters is 1. The van der Waals surface area contributed by atoms with Crippen LogP contribution in [0.5, 0.6) is 5.75 Å². The van der Waals surface area contributed by atoms with Crippen LogP contribution in [0.2, 0.25) is 0 Å². The second-order valence-electron chi connectivity index (χ2n) is 10.8. The number of carbonyl (C=O) groups is 2. The molecule has 2 aliphatic heterocycles. The molecule has 0 bridgehead atoms. The summed E-state index contributed by atoms with van der Waals surface area (Å²) in [7, 11) is 0.